The molecule has 0 aliphatic carbocycles. The van der Waals surface area contributed by atoms with Crippen LogP contribution in [0.4, 0.5) is 0 Å². The zero-order chi connectivity index (χ0) is 18.1. The number of halogens is 1. The molecule has 1 aliphatic heterocycles. The second-order valence-corrected chi connectivity index (χ2v) is 5.82. The van der Waals surface area contributed by atoms with Gasteiger partial charge in [-0.15, -0.1) is 24.0 Å². The first-order chi connectivity index (χ1) is 12.1. The summed E-state index contributed by atoms with van der Waals surface area (Å²) in [5, 5.41) is 9.30. The number of likely N-dealkylation sites (tertiary alicyclic amines) is 1. The second-order valence-electron chi connectivity index (χ2n) is 5.82. The average molecular weight is 477 g/mol. The van der Waals surface area contributed by atoms with Crippen LogP contribution < -0.4 is 16.0 Å². The Labute approximate surface area is 171 Å². The highest BCUT2D eigenvalue weighted by Crippen LogP contribution is 2.10. The smallest absolute Gasteiger partial charge is 0.287 e. The second kappa shape index (κ2) is 11.8. The molecular formula is C17H28IN5O3. The van der Waals surface area contributed by atoms with Crippen molar-refractivity contribution in [3.8, 4) is 0 Å². The van der Waals surface area contributed by atoms with E-state index in [1.807, 2.05) is 18.7 Å². The Morgan fingerprint density at radius 1 is 1.35 bits per heavy atom. The standard InChI is InChI=1S/C17H27N5O3.HI/c1-3-15(23)22-10-7-13(12-22)21-17(18-4-2)20-9-8-19-16(24)14-6-5-11-25-14;/h5-6,11,13H,3-4,7-10,12H2,1-2H3,(H,19,24)(H2,18,20,21);1H. The summed E-state index contributed by atoms with van der Waals surface area (Å²) in [6, 6.07) is 3.49. The van der Waals surface area contributed by atoms with Crippen LogP contribution in [0.5, 0.6) is 0 Å². The third-order valence-electron chi connectivity index (χ3n) is 3.94. The number of carbonyl (C=O) groups is 2. The largest absolute Gasteiger partial charge is 0.459 e. The van der Waals surface area contributed by atoms with E-state index in [1.54, 1.807) is 12.1 Å². The van der Waals surface area contributed by atoms with Crippen LogP contribution in [0.2, 0.25) is 0 Å². The number of amides is 2. The van der Waals surface area contributed by atoms with Crippen LogP contribution in [0.1, 0.15) is 37.2 Å². The molecule has 2 amide bonds. The van der Waals surface area contributed by atoms with Crippen LogP contribution in [0.25, 0.3) is 0 Å². The van der Waals surface area contributed by atoms with Gasteiger partial charge in [-0.1, -0.05) is 6.92 Å². The summed E-state index contributed by atoms with van der Waals surface area (Å²) in [6.45, 7) is 6.97. The lowest BCUT2D eigenvalue weighted by molar-refractivity contribution is -0.129. The Kier molecular flexibility index (Phi) is 10.1. The zero-order valence-corrected chi connectivity index (χ0v) is 17.6. The van der Waals surface area contributed by atoms with E-state index in [-0.39, 0.29) is 41.8 Å². The summed E-state index contributed by atoms with van der Waals surface area (Å²) in [5.41, 5.74) is 0. The normalized spacial score (nSPS) is 16.8. The molecule has 1 fully saturated rings. The molecule has 0 saturated carbocycles. The van der Waals surface area contributed by atoms with Gasteiger partial charge in [0.1, 0.15) is 0 Å². The van der Waals surface area contributed by atoms with Crippen molar-refractivity contribution in [1.29, 1.82) is 0 Å². The molecule has 1 atom stereocenters. The molecule has 1 saturated heterocycles. The van der Waals surface area contributed by atoms with Crippen molar-refractivity contribution >= 4 is 41.8 Å². The first-order valence-corrected chi connectivity index (χ1v) is 8.78. The zero-order valence-electron chi connectivity index (χ0n) is 15.3. The van der Waals surface area contributed by atoms with Gasteiger partial charge in [-0.05, 0) is 25.5 Å². The molecule has 146 valence electrons. The average Bonchev–Trinajstić information content (AvgIpc) is 3.29. The number of nitrogens with zero attached hydrogens (tertiary/aromatic N) is 2. The molecule has 2 heterocycles. The van der Waals surface area contributed by atoms with Crippen LogP contribution in [-0.2, 0) is 4.79 Å². The summed E-state index contributed by atoms with van der Waals surface area (Å²) < 4.78 is 5.03. The lowest BCUT2D eigenvalue weighted by Gasteiger charge is -2.18. The van der Waals surface area contributed by atoms with Gasteiger partial charge in [0, 0.05) is 38.6 Å². The Morgan fingerprint density at radius 3 is 2.81 bits per heavy atom. The first kappa shape index (κ1) is 22.3. The molecule has 1 aromatic heterocycles. The topological polar surface area (TPSA) is 99.0 Å². The highest BCUT2D eigenvalue weighted by Gasteiger charge is 2.25. The predicted molar refractivity (Wildman–Crippen MR) is 111 cm³/mol. The van der Waals surface area contributed by atoms with Gasteiger partial charge in [0.15, 0.2) is 11.7 Å². The van der Waals surface area contributed by atoms with Gasteiger partial charge in [-0.2, -0.15) is 0 Å². The summed E-state index contributed by atoms with van der Waals surface area (Å²) in [5.74, 6) is 0.931. The van der Waals surface area contributed by atoms with Crippen molar-refractivity contribution in [1.82, 2.24) is 20.9 Å². The van der Waals surface area contributed by atoms with Crippen molar-refractivity contribution in [2.24, 2.45) is 4.99 Å². The predicted octanol–water partition coefficient (Wildman–Crippen LogP) is 1.19. The van der Waals surface area contributed by atoms with Gasteiger partial charge >= 0.3 is 0 Å². The fourth-order valence-electron chi connectivity index (χ4n) is 2.67. The molecule has 0 radical (unpaired) electrons. The van der Waals surface area contributed by atoms with E-state index in [9.17, 15) is 9.59 Å². The minimum Gasteiger partial charge on any atom is -0.459 e. The van der Waals surface area contributed by atoms with Crippen LogP contribution >= 0.6 is 24.0 Å². The van der Waals surface area contributed by atoms with Crippen LogP contribution in [0.15, 0.2) is 27.8 Å². The highest BCUT2D eigenvalue weighted by molar-refractivity contribution is 14.0. The lowest BCUT2D eigenvalue weighted by Crippen LogP contribution is -2.45. The van der Waals surface area contributed by atoms with Crippen molar-refractivity contribution in [3.05, 3.63) is 24.2 Å². The number of carbonyl (C=O) groups excluding carboxylic acids is 2. The Morgan fingerprint density at radius 2 is 2.15 bits per heavy atom. The van der Waals surface area contributed by atoms with Crippen molar-refractivity contribution in [2.75, 3.05) is 32.7 Å². The maximum atomic E-state index is 11.8. The van der Waals surface area contributed by atoms with Crippen LogP contribution in [0, 0.1) is 0 Å². The van der Waals surface area contributed by atoms with E-state index >= 15 is 0 Å². The first-order valence-electron chi connectivity index (χ1n) is 8.78. The molecule has 1 aliphatic rings. The number of nitrogens with one attached hydrogen (secondary N) is 3. The number of guanidine groups is 1. The molecule has 2 rings (SSSR count). The Balaban J connectivity index is 0.00000338. The van der Waals surface area contributed by atoms with Crippen molar-refractivity contribution in [3.63, 3.8) is 0 Å². The van der Waals surface area contributed by atoms with E-state index in [0.717, 1.165) is 19.5 Å². The molecule has 1 aromatic rings. The van der Waals surface area contributed by atoms with Gasteiger partial charge in [0.25, 0.3) is 5.91 Å². The third-order valence-corrected chi connectivity index (χ3v) is 3.94. The minimum atomic E-state index is -0.248. The SMILES string of the molecule is CCNC(=NCCNC(=O)c1ccco1)NC1CCN(C(=O)CC)C1.I. The quantitative estimate of drug-likeness (QED) is 0.237. The van der Waals surface area contributed by atoms with Gasteiger partial charge in [-0.25, -0.2) is 0 Å². The Bertz CT molecular complexity index is 591. The monoisotopic (exact) mass is 477 g/mol. The van der Waals surface area contributed by atoms with E-state index < -0.39 is 0 Å². The molecule has 0 aromatic carbocycles. The number of furan rings is 1. The van der Waals surface area contributed by atoms with Gasteiger partial charge in [-0.3, -0.25) is 14.6 Å². The van der Waals surface area contributed by atoms with Crippen LogP contribution in [0.3, 0.4) is 0 Å². The fraction of sp³-hybridized carbons (Fsp3) is 0.588. The van der Waals surface area contributed by atoms with Gasteiger partial charge in [0.05, 0.1) is 12.8 Å². The van der Waals surface area contributed by atoms with Gasteiger partial charge in [0.2, 0.25) is 5.91 Å². The van der Waals surface area contributed by atoms with Crippen molar-refractivity contribution < 1.29 is 14.0 Å². The summed E-state index contributed by atoms with van der Waals surface area (Å²) in [4.78, 5) is 29.9. The van der Waals surface area contributed by atoms with E-state index in [2.05, 4.69) is 20.9 Å². The molecule has 3 N–H and O–H groups in total. The van der Waals surface area contributed by atoms with E-state index in [0.29, 0.717) is 37.8 Å². The number of aliphatic imine (C=N–C) groups is 1. The summed E-state index contributed by atoms with van der Waals surface area (Å²) in [7, 11) is 0. The molecule has 26 heavy (non-hydrogen) atoms. The number of rotatable bonds is 7. The Hall–Kier alpha value is -1.78. The van der Waals surface area contributed by atoms with Gasteiger partial charge < -0.3 is 25.3 Å². The van der Waals surface area contributed by atoms with Crippen LogP contribution in [-0.4, -0.2) is 61.4 Å². The third kappa shape index (κ3) is 6.85. The van der Waals surface area contributed by atoms with E-state index in [1.165, 1.54) is 6.26 Å². The summed E-state index contributed by atoms with van der Waals surface area (Å²) >= 11 is 0. The van der Waals surface area contributed by atoms with E-state index in [4.69, 9.17) is 4.42 Å². The fourth-order valence-corrected chi connectivity index (χ4v) is 2.67. The maximum Gasteiger partial charge on any atom is 0.287 e. The lowest BCUT2D eigenvalue weighted by atomic mass is 10.3. The van der Waals surface area contributed by atoms with Crippen molar-refractivity contribution in [2.45, 2.75) is 32.7 Å². The molecular weight excluding hydrogens is 449 g/mol. The summed E-state index contributed by atoms with van der Waals surface area (Å²) in [6.07, 6.45) is 2.91. The molecule has 0 bridgehead atoms. The molecule has 0 spiro atoms. The maximum absolute atomic E-state index is 11.8. The number of hydrogen-bond acceptors (Lipinski definition) is 4. The number of hydrogen-bond donors (Lipinski definition) is 3. The molecule has 8 nitrogen and oxygen atoms in total. The minimum absolute atomic E-state index is 0. The molecule has 1 unspecified atom stereocenters. The highest BCUT2D eigenvalue weighted by atomic mass is 127. The molecule has 9 heteroatoms.